The van der Waals surface area contributed by atoms with Crippen LogP contribution in [-0.2, 0) is 11.3 Å². The van der Waals surface area contributed by atoms with E-state index in [9.17, 15) is 9.41 Å². The summed E-state index contributed by atoms with van der Waals surface area (Å²) in [7, 11) is 0.445. The third kappa shape index (κ3) is 3.97. The van der Waals surface area contributed by atoms with Crippen molar-refractivity contribution in [2.24, 2.45) is 4.99 Å². The number of benzene rings is 1. The molecule has 1 heterocycles. The second-order valence-electron chi connectivity index (χ2n) is 4.26. The molecule has 0 unspecified atom stereocenters. The first-order valence-electron chi connectivity index (χ1n) is 6.86. The van der Waals surface area contributed by atoms with E-state index in [0.29, 0.717) is 22.5 Å². The first-order valence-corrected chi connectivity index (χ1v) is 7.24. The number of nitrogens with one attached hydrogen (secondary N) is 1. The summed E-state index contributed by atoms with van der Waals surface area (Å²) in [5, 5.41) is 12.4. The Hall–Kier alpha value is -1.63. The van der Waals surface area contributed by atoms with Crippen LogP contribution in [0.3, 0.4) is 0 Å². The van der Waals surface area contributed by atoms with Crippen LogP contribution >= 0.6 is 11.6 Å². The van der Waals surface area contributed by atoms with E-state index in [1.165, 1.54) is 6.07 Å². The molecule has 22 heavy (non-hydrogen) atoms. The summed E-state index contributed by atoms with van der Waals surface area (Å²) in [4.78, 5) is 4.06. The molecule has 0 atom stereocenters. The van der Waals surface area contributed by atoms with E-state index in [2.05, 4.69) is 23.5 Å². The molecule has 7 heteroatoms. The summed E-state index contributed by atoms with van der Waals surface area (Å²) in [6.07, 6.45) is 0. The zero-order valence-electron chi connectivity index (χ0n) is 12.9. The lowest BCUT2D eigenvalue weighted by Crippen LogP contribution is -2.31. The fourth-order valence-corrected chi connectivity index (χ4v) is 2.09. The van der Waals surface area contributed by atoms with E-state index in [1.54, 1.807) is 13.1 Å². The summed E-state index contributed by atoms with van der Waals surface area (Å²) in [5.41, 5.74) is 2.08. The van der Waals surface area contributed by atoms with Crippen LogP contribution in [0.1, 0.15) is 25.0 Å². The van der Waals surface area contributed by atoms with Gasteiger partial charge >= 0.3 is 7.12 Å². The predicted molar refractivity (Wildman–Crippen MR) is 89.9 cm³/mol. The topological polar surface area (TPSA) is 53.9 Å². The Morgan fingerprint density at radius 2 is 2.09 bits per heavy atom. The summed E-state index contributed by atoms with van der Waals surface area (Å²) >= 11 is 5.69. The van der Waals surface area contributed by atoms with Gasteiger partial charge in [0, 0.05) is 18.1 Å². The zero-order chi connectivity index (χ0) is 16.9. The highest BCUT2D eigenvalue weighted by Crippen LogP contribution is 2.18. The minimum Gasteiger partial charge on any atom is -0.423 e. The Balaban J connectivity index is 0.00000116. The highest BCUT2D eigenvalue weighted by atomic mass is 35.5. The molecule has 0 aliphatic carbocycles. The molecule has 118 valence electrons. The van der Waals surface area contributed by atoms with Gasteiger partial charge < -0.3 is 15.0 Å². The van der Waals surface area contributed by atoms with Crippen molar-refractivity contribution in [1.82, 2.24) is 5.32 Å². The summed E-state index contributed by atoms with van der Waals surface area (Å²) < 4.78 is 19.1. The van der Waals surface area contributed by atoms with E-state index in [4.69, 9.17) is 16.3 Å². The van der Waals surface area contributed by atoms with Crippen LogP contribution in [-0.4, -0.2) is 24.9 Å². The predicted octanol–water partition coefficient (Wildman–Crippen LogP) is 2.30. The number of fused-ring (bicyclic) bond motifs is 1. The quantitative estimate of drug-likeness (QED) is 0.508. The maximum Gasteiger partial charge on any atom is 0.494 e. The molecule has 1 aliphatic rings. The van der Waals surface area contributed by atoms with E-state index >= 15 is 0 Å². The van der Waals surface area contributed by atoms with Crippen LogP contribution in [0.4, 0.5) is 4.39 Å². The Morgan fingerprint density at radius 3 is 2.64 bits per heavy atom. The van der Waals surface area contributed by atoms with Crippen LogP contribution in [0.15, 0.2) is 41.1 Å². The SMILES string of the molecule is C=C(Cl)/N=C(\C(=C)NC)c1cc(F)c2c(c1)COB2O.CC. The maximum absolute atomic E-state index is 14.1. The molecule has 0 saturated heterocycles. The molecular formula is C15H19BClFN2O2. The number of hydrogen-bond acceptors (Lipinski definition) is 4. The molecule has 0 spiro atoms. The van der Waals surface area contributed by atoms with E-state index in [0.717, 1.165) is 0 Å². The van der Waals surface area contributed by atoms with Crippen LogP contribution < -0.4 is 10.8 Å². The maximum atomic E-state index is 14.1. The van der Waals surface area contributed by atoms with Crippen molar-refractivity contribution >= 4 is 29.9 Å². The van der Waals surface area contributed by atoms with Gasteiger partial charge in [0.15, 0.2) is 0 Å². The first-order chi connectivity index (χ1) is 10.4. The number of likely N-dealkylation sites (N-methyl/N-ethyl adjacent to an activating group) is 1. The van der Waals surface area contributed by atoms with Gasteiger partial charge in [-0.3, -0.25) is 0 Å². The number of allylic oxidation sites excluding steroid dienone is 1. The minimum absolute atomic E-state index is 0.0635. The molecule has 1 aliphatic heterocycles. The van der Waals surface area contributed by atoms with Crippen molar-refractivity contribution in [3.63, 3.8) is 0 Å². The lowest BCUT2D eigenvalue weighted by Gasteiger charge is -2.11. The molecule has 1 aromatic rings. The van der Waals surface area contributed by atoms with E-state index in [1.807, 2.05) is 13.8 Å². The monoisotopic (exact) mass is 324 g/mol. The number of nitrogens with zero attached hydrogens (tertiary/aromatic N) is 1. The van der Waals surface area contributed by atoms with Gasteiger partial charge in [-0.25, -0.2) is 9.38 Å². The number of hydrogen-bond donors (Lipinski definition) is 2. The molecular weight excluding hydrogens is 305 g/mol. The fraction of sp³-hybridized carbons (Fsp3) is 0.267. The molecule has 4 nitrogen and oxygen atoms in total. The first kappa shape index (κ1) is 18.4. The lowest BCUT2D eigenvalue weighted by molar-refractivity contribution is 0.275. The standard InChI is InChI=1S/C13H13BClFN2O2.C2H6/c1-7(17-3)13(18-8(2)15)9-4-10-6-20-14(19)12(10)11(16)5-9;1-2/h4-5,17,19H,1-2,6H2,3H3;1-2H3/b18-13+;. The van der Waals surface area contributed by atoms with Crippen LogP contribution in [0.25, 0.3) is 0 Å². The van der Waals surface area contributed by atoms with Crippen molar-refractivity contribution < 1.29 is 14.1 Å². The van der Waals surface area contributed by atoms with Gasteiger partial charge in [-0.15, -0.1) is 0 Å². The molecule has 0 fully saturated rings. The Morgan fingerprint density at radius 1 is 1.45 bits per heavy atom. The number of rotatable bonds is 4. The normalized spacial score (nSPS) is 13.2. The van der Waals surface area contributed by atoms with Gasteiger partial charge in [0.05, 0.1) is 18.0 Å². The van der Waals surface area contributed by atoms with Gasteiger partial charge in [0.2, 0.25) is 0 Å². The Bertz CT molecular complexity index is 620. The van der Waals surface area contributed by atoms with Crippen molar-refractivity contribution in [2.45, 2.75) is 20.5 Å². The molecule has 0 radical (unpaired) electrons. The number of aliphatic imine (C=N–C) groups is 1. The summed E-state index contributed by atoms with van der Waals surface area (Å²) in [6, 6.07) is 2.95. The van der Waals surface area contributed by atoms with Crippen LogP contribution in [0, 0.1) is 5.82 Å². The molecule has 0 bridgehead atoms. The third-order valence-corrected chi connectivity index (χ3v) is 3.04. The Labute approximate surface area is 135 Å². The lowest BCUT2D eigenvalue weighted by atomic mass is 9.78. The van der Waals surface area contributed by atoms with Crippen LogP contribution in [0.5, 0.6) is 0 Å². The van der Waals surface area contributed by atoms with E-state index < -0.39 is 12.9 Å². The Kier molecular flexibility index (Phi) is 6.80. The van der Waals surface area contributed by atoms with Gasteiger partial charge in [-0.2, -0.15) is 0 Å². The summed E-state index contributed by atoms with van der Waals surface area (Å²) in [5.74, 6) is -0.556. The largest absolute Gasteiger partial charge is 0.494 e. The summed E-state index contributed by atoms with van der Waals surface area (Å²) in [6.45, 7) is 11.4. The molecule has 2 rings (SSSR count). The number of halogens is 2. The van der Waals surface area contributed by atoms with Crippen molar-refractivity contribution in [1.29, 1.82) is 0 Å². The fourth-order valence-electron chi connectivity index (χ4n) is 2.01. The van der Waals surface area contributed by atoms with Gasteiger partial charge in [0.25, 0.3) is 0 Å². The molecule has 0 amide bonds. The zero-order valence-corrected chi connectivity index (χ0v) is 13.7. The highest BCUT2D eigenvalue weighted by Gasteiger charge is 2.31. The van der Waals surface area contributed by atoms with Gasteiger partial charge in [-0.05, 0) is 17.7 Å². The molecule has 1 aromatic carbocycles. The average Bonchev–Trinajstić information content (AvgIpc) is 2.87. The molecule has 2 N–H and O–H groups in total. The molecule has 0 aromatic heterocycles. The second-order valence-corrected chi connectivity index (χ2v) is 4.70. The second kappa shape index (κ2) is 8.12. The van der Waals surface area contributed by atoms with Crippen molar-refractivity contribution in [3.8, 4) is 0 Å². The minimum atomic E-state index is -1.23. The van der Waals surface area contributed by atoms with Gasteiger partial charge in [-0.1, -0.05) is 38.6 Å². The van der Waals surface area contributed by atoms with Crippen LogP contribution in [0.2, 0.25) is 0 Å². The van der Waals surface area contributed by atoms with E-state index in [-0.39, 0.29) is 17.2 Å². The van der Waals surface area contributed by atoms with Gasteiger partial charge in [0.1, 0.15) is 11.0 Å². The highest BCUT2D eigenvalue weighted by molar-refractivity contribution is 6.61. The van der Waals surface area contributed by atoms with Crippen molar-refractivity contribution in [3.05, 3.63) is 53.1 Å². The smallest absolute Gasteiger partial charge is 0.423 e. The average molecular weight is 325 g/mol. The molecule has 0 saturated carbocycles. The van der Waals surface area contributed by atoms with Crippen molar-refractivity contribution in [2.75, 3.05) is 7.05 Å². The third-order valence-electron chi connectivity index (χ3n) is 2.95.